The molecule has 2 saturated carbocycles. The number of hydrogen-bond acceptors (Lipinski definition) is 5. The Morgan fingerprint density at radius 2 is 1.86 bits per heavy atom. The molecule has 2 aliphatic carbocycles. The summed E-state index contributed by atoms with van der Waals surface area (Å²) in [4.78, 5) is 22.1. The highest BCUT2D eigenvalue weighted by Crippen LogP contribution is 2.61. The highest BCUT2D eigenvalue weighted by atomic mass is 32.2. The maximum atomic E-state index is 13.4. The fourth-order valence-electron chi connectivity index (χ4n) is 4.68. The summed E-state index contributed by atoms with van der Waals surface area (Å²) in [5.74, 6) is 1.12. The lowest BCUT2D eigenvalue weighted by Crippen LogP contribution is -2.31. The van der Waals surface area contributed by atoms with Crippen LogP contribution in [0.2, 0.25) is 0 Å². The van der Waals surface area contributed by atoms with Gasteiger partial charge in [-0.3, -0.25) is 9.78 Å². The lowest BCUT2D eigenvalue weighted by atomic mass is 9.86. The topological polar surface area (TPSA) is 89.0 Å². The second-order valence-electron chi connectivity index (χ2n) is 8.11. The van der Waals surface area contributed by atoms with Crippen molar-refractivity contribution in [3.8, 4) is 0 Å². The molecule has 2 aliphatic rings. The van der Waals surface area contributed by atoms with Gasteiger partial charge in [-0.05, 0) is 42.0 Å². The van der Waals surface area contributed by atoms with Crippen LogP contribution in [0, 0.1) is 11.8 Å². The molecule has 29 heavy (non-hydrogen) atoms. The Bertz CT molecular complexity index is 1030. The molecular formula is C22H25N3O3S. The van der Waals surface area contributed by atoms with Gasteiger partial charge in [0.15, 0.2) is 15.7 Å². The van der Waals surface area contributed by atoms with Crippen LogP contribution in [0.3, 0.4) is 0 Å². The van der Waals surface area contributed by atoms with Crippen LogP contribution in [0.1, 0.15) is 43.4 Å². The van der Waals surface area contributed by atoms with E-state index in [1.54, 1.807) is 36.5 Å². The molecule has 2 atom stereocenters. The SMILES string of the molecule is C=Cc1cnc(NC(=O)C2(c3ccc(S(C)(=O)=O)cc3)C[C@@H]2C2CCCC2)cn1. The van der Waals surface area contributed by atoms with E-state index in [1.165, 1.54) is 25.3 Å². The molecule has 0 spiro atoms. The van der Waals surface area contributed by atoms with Gasteiger partial charge in [0.05, 0.1) is 28.4 Å². The van der Waals surface area contributed by atoms with Crippen LogP contribution in [0.25, 0.3) is 6.08 Å². The monoisotopic (exact) mass is 411 g/mol. The average Bonchev–Trinajstić information content (AvgIpc) is 3.24. The normalized spacial score (nSPS) is 24.2. The van der Waals surface area contributed by atoms with Crippen molar-refractivity contribution in [1.82, 2.24) is 9.97 Å². The number of aromatic nitrogens is 2. The van der Waals surface area contributed by atoms with Crippen molar-refractivity contribution in [3.05, 3.63) is 54.5 Å². The van der Waals surface area contributed by atoms with Gasteiger partial charge < -0.3 is 5.32 Å². The molecule has 1 aromatic heterocycles. The van der Waals surface area contributed by atoms with Crippen LogP contribution in [-0.4, -0.2) is 30.5 Å². The van der Waals surface area contributed by atoms with Crippen LogP contribution < -0.4 is 5.32 Å². The Labute approximate surface area is 171 Å². The van der Waals surface area contributed by atoms with Gasteiger partial charge in [0.25, 0.3) is 0 Å². The van der Waals surface area contributed by atoms with Crippen molar-refractivity contribution < 1.29 is 13.2 Å². The molecule has 6 nitrogen and oxygen atoms in total. The minimum atomic E-state index is -3.28. The van der Waals surface area contributed by atoms with Crippen molar-refractivity contribution >= 4 is 27.6 Å². The molecular weight excluding hydrogens is 386 g/mol. The zero-order valence-corrected chi connectivity index (χ0v) is 17.3. The van der Waals surface area contributed by atoms with E-state index in [-0.39, 0.29) is 16.7 Å². The fourth-order valence-corrected chi connectivity index (χ4v) is 5.31. The minimum absolute atomic E-state index is 0.0952. The third kappa shape index (κ3) is 3.71. The number of carbonyl (C=O) groups is 1. The van der Waals surface area contributed by atoms with Gasteiger partial charge in [-0.25, -0.2) is 13.4 Å². The molecule has 2 aromatic rings. The van der Waals surface area contributed by atoms with Gasteiger partial charge in [0.2, 0.25) is 5.91 Å². The molecule has 1 heterocycles. The molecule has 1 N–H and O–H groups in total. The molecule has 0 radical (unpaired) electrons. The lowest BCUT2D eigenvalue weighted by Gasteiger charge is -2.20. The Kier molecular flexibility index (Phi) is 5.02. The van der Waals surface area contributed by atoms with E-state index >= 15 is 0 Å². The Morgan fingerprint density at radius 1 is 1.17 bits per heavy atom. The number of anilines is 1. The fraction of sp³-hybridized carbons (Fsp3) is 0.409. The highest BCUT2D eigenvalue weighted by molar-refractivity contribution is 7.90. The first-order valence-corrected chi connectivity index (χ1v) is 11.8. The van der Waals surface area contributed by atoms with Crippen molar-refractivity contribution in [1.29, 1.82) is 0 Å². The van der Waals surface area contributed by atoms with E-state index < -0.39 is 15.3 Å². The summed E-state index contributed by atoms with van der Waals surface area (Å²) in [5.41, 5.74) is 0.878. The van der Waals surface area contributed by atoms with E-state index in [1.807, 2.05) is 0 Å². The van der Waals surface area contributed by atoms with Crippen molar-refractivity contribution in [2.24, 2.45) is 11.8 Å². The second kappa shape index (κ2) is 7.37. The zero-order chi connectivity index (χ0) is 20.6. The predicted molar refractivity (Wildman–Crippen MR) is 112 cm³/mol. The quantitative estimate of drug-likeness (QED) is 0.784. The summed E-state index contributed by atoms with van der Waals surface area (Å²) in [6.07, 6.45) is 11.4. The van der Waals surface area contributed by atoms with Gasteiger partial charge >= 0.3 is 0 Å². The maximum Gasteiger partial charge on any atom is 0.236 e. The third-order valence-corrected chi connectivity index (χ3v) is 7.44. The molecule has 0 bridgehead atoms. The van der Waals surface area contributed by atoms with Crippen LogP contribution in [0.15, 0.2) is 48.1 Å². The third-order valence-electron chi connectivity index (χ3n) is 6.31. The van der Waals surface area contributed by atoms with E-state index in [0.717, 1.165) is 24.8 Å². The van der Waals surface area contributed by atoms with Gasteiger partial charge in [0.1, 0.15) is 0 Å². The van der Waals surface area contributed by atoms with Gasteiger partial charge in [-0.1, -0.05) is 44.4 Å². The van der Waals surface area contributed by atoms with E-state index in [9.17, 15) is 13.2 Å². The Morgan fingerprint density at radius 3 is 2.41 bits per heavy atom. The van der Waals surface area contributed by atoms with E-state index in [2.05, 4.69) is 21.9 Å². The molecule has 1 aromatic carbocycles. The van der Waals surface area contributed by atoms with Crippen LogP contribution in [0.4, 0.5) is 5.82 Å². The number of rotatable bonds is 6. The highest BCUT2D eigenvalue weighted by Gasteiger charge is 2.63. The van der Waals surface area contributed by atoms with Crippen LogP contribution in [-0.2, 0) is 20.0 Å². The van der Waals surface area contributed by atoms with Gasteiger partial charge in [-0.2, -0.15) is 0 Å². The number of nitrogens with zero attached hydrogens (tertiary/aromatic N) is 2. The van der Waals surface area contributed by atoms with E-state index in [4.69, 9.17) is 0 Å². The summed E-state index contributed by atoms with van der Waals surface area (Å²) in [7, 11) is -3.28. The summed E-state index contributed by atoms with van der Waals surface area (Å²) >= 11 is 0. The first-order chi connectivity index (χ1) is 13.8. The Balaban J connectivity index is 1.64. The molecule has 1 amide bonds. The standard InChI is InChI=1S/C22H25N3O3S/c1-3-17-13-24-20(14-23-17)25-21(26)22(12-19(22)15-6-4-5-7-15)16-8-10-18(11-9-16)29(2,27)28/h3,8-11,13-15,19H,1,4-7,12H2,2H3,(H,24,25,26)/t19-,22?/m1/s1. The van der Waals surface area contributed by atoms with Crippen molar-refractivity contribution in [2.75, 3.05) is 11.6 Å². The van der Waals surface area contributed by atoms with Gasteiger partial charge in [0, 0.05) is 6.26 Å². The zero-order valence-electron chi connectivity index (χ0n) is 16.5. The molecule has 7 heteroatoms. The Hall–Kier alpha value is -2.54. The van der Waals surface area contributed by atoms with E-state index in [0.29, 0.717) is 17.4 Å². The maximum absolute atomic E-state index is 13.4. The second-order valence-corrected chi connectivity index (χ2v) is 10.1. The molecule has 1 unspecified atom stereocenters. The largest absolute Gasteiger partial charge is 0.309 e. The van der Waals surface area contributed by atoms with Gasteiger partial charge in [-0.15, -0.1) is 0 Å². The first kappa shape index (κ1) is 19.8. The minimum Gasteiger partial charge on any atom is -0.309 e. The average molecular weight is 412 g/mol. The molecule has 2 fully saturated rings. The number of nitrogens with one attached hydrogen (secondary N) is 1. The van der Waals surface area contributed by atoms with Crippen molar-refractivity contribution in [2.45, 2.75) is 42.4 Å². The summed E-state index contributed by atoms with van der Waals surface area (Å²) < 4.78 is 23.6. The lowest BCUT2D eigenvalue weighted by molar-refractivity contribution is -0.119. The number of sulfone groups is 1. The molecule has 0 saturated heterocycles. The first-order valence-electron chi connectivity index (χ1n) is 9.91. The number of benzene rings is 1. The number of amides is 1. The summed E-state index contributed by atoms with van der Waals surface area (Å²) in [6, 6.07) is 6.78. The van der Waals surface area contributed by atoms with Crippen LogP contribution >= 0.6 is 0 Å². The number of hydrogen-bond donors (Lipinski definition) is 1. The smallest absolute Gasteiger partial charge is 0.236 e. The molecule has 0 aliphatic heterocycles. The predicted octanol–water partition coefficient (Wildman–Crippen LogP) is 3.61. The molecule has 4 rings (SSSR count). The summed E-state index contributed by atoms with van der Waals surface area (Å²) in [5, 5.41) is 2.93. The number of carbonyl (C=O) groups excluding carboxylic acids is 1. The van der Waals surface area contributed by atoms with Crippen LogP contribution in [0.5, 0.6) is 0 Å². The van der Waals surface area contributed by atoms with Crippen molar-refractivity contribution in [3.63, 3.8) is 0 Å². The molecule has 152 valence electrons. The summed E-state index contributed by atoms with van der Waals surface area (Å²) in [6.45, 7) is 3.66.